The monoisotopic (exact) mass is 573 g/mol. The van der Waals surface area contributed by atoms with E-state index < -0.39 is 0 Å². The maximum absolute atomic E-state index is 6.59. The van der Waals surface area contributed by atoms with Gasteiger partial charge in [-0.3, -0.25) is 0 Å². The van der Waals surface area contributed by atoms with Crippen molar-refractivity contribution in [3.63, 3.8) is 0 Å². The van der Waals surface area contributed by atoms with E-state index in [9.17, 15) is 0 Å². The minimum atomic E-state index is 0.0878. The average Bonchev–Trinajstić information content (AvgIpc) is 3.49. The Hall–Kier alpha value is -5.86. The van der Waals surface area contributed by atoms with Crippen molar-refractivity contribution in [2.75, 3.05) is 0 Å². The zero-order valence-corrected chi connectivity index (χ0v) is 24.4. The van der Waals surface area contributed by atoms with Crippen LogP contribution in [0.1, 0.15) is 5.56 Å². The molecular weight excluding hydrogens is 546 g/mol. The van der Waals surface area contributed by atoms with Crippen LogP contribution in [-0.4, -0.2) is 6.04 Å². The van der Waals surface area contributed by atoms with Crippen molar-refractivity contribution in [3.05, 3.63) is 168 Å². The number of nitrogens with one attached hydrogen (secondary N) is 1. The van der Waals surface area contributed by atoms with Gasteiger partial charge in [0.15, 0.2) is 0 Å². The third-order valence-electron chi connectivity index (χ3n) is 9.67. The Bertz CT molecular complexity index is 2680. The Morgan fingerprint density at radius 2 is 1.16 bits per heavy atom. The van der Waals surface area contributed by atoms with Gasteiger partial charge < -0.3 is 9.73 Å². The Labute approximate surface area is 259 Å². The second-order valence-corrected chi connectivity index (χ2v) is 12.0. The van der Waals surface area contributed by atoms with E-state index in [1.54, 1.807) is 0 Å². The first-order valence-corrected chi connectivity index (χ1v) is 15.6. The van der Waals surface area contributed by atoms with Crippen LogP contribution in [0.3, 0.4) is 0 Å². The van der Waals surface area contributed by atoms with Gasteiger partial charge in [-0.05, 0) is 49.2 Å². The lowest BCUT2D eigenvalue weighted by Crippen LogP contribution is -2.46. The SMILES string of the molecule is C1=CC2=c3c(ccc4ccccc34)=C(c3c4ccccc4c(-c4cccc5c4oc4ccccc45)c4ccccc34)NC2C=C1. The molecule has 0 amide bonds. The highest BCUT2D eigenvalue weighted by Gasteiger charge is 2.26. The van der Waals surface area contributed by atoms with Gasteiger partial charge >= 0.3 is 0 Å². The van der Waals surface area contributed by atoms with Gasteiger partial charge in [-0.15, -0.1) is 0 Å². The summed E-state index contributed by atoms with van der Waals surface area (Å²) in [7, 11) is 0. The number of furan rings is 1. The van der Waals surface area contributed by atoms with Crippen LogP contribution in [0.4, 0.5) is 0 Å². The summed E-state index contributed by atoms with van der Waals surface area (Å²) >= 11 is 0. The molecule has 45 heavy (non-hydrogen) atoms. The van der Waals surface area contributed by atoms with Crippen LogP contribution < -0.4 is 15.8 Å². The quantitative estimate of drug-likeness (QED) is 0.209. The second kappa shape index (κ2) is 9.32. The second-order valence-electron chi connectivity index (χ2n) is 12.0. The Kier molecular flexibility index (Phi) is 5.09. The van der Waals surface area contributed by atoms with E-state index in [2.05, 4.69) is 151 Å². The molecule has 1 aliphatic carbocycles. The van der Waals surface area contributed by atoms with Gasteiger partial charge in [0.2, 0.25) is 0 Å². The van der Waals surface area contributed by atoms with Crippen molar-refractivity contribution >= 4 is 65.5 Å². The number of allylic oxidation sites excluding steroid dienone is 2. The highest BCUT2D eigenvalue weighted by molar-refractivity contribution is 6.22. The molecule has 10 rings (SSSR count). The van der Waals surface area contributed by atoms with Crippen LogP contribution in [0, 0.1) is 0 Å². The molecule has 0 fully saturated rings. The molecule has 1 aliphatic heterocycles. The molecule has 0 saturated carbocycles. The first-order valence-electron chi connectivity index (χ1n) is 15.6. The number of rotatable bonds is 2. The fraction of sp³-hybridized carbons (Fsp3) is 0.0233. The summed E-state index contributed by atoms with van der Waals surface area (Å²) in [6.07, 6.45) is 8.86. The molecule has 0 saturated heterocycles. The molecule has 2 nitrogen and oxygen atoms in total. The van der Waals surface area contributed by atoms with Crippen LogP contribution in [0.15, 0.2) is 156 Å². The van der Waals surface area contributed by atoms with Gasteiger partial charge in [0.25, 0.3) is 0 Å². The standard InChI is InChI=1S/C43H27NO/c1-2-13-27-26(12-1)24-25-35-39(27)34-19-7-9-22-37(34)44-42(35)41-31-17-5-3-15-29(31)40(30-16-4-6-18-32(30)41)36-21-11-20-33-28-14-8-10-23-38(28)45-43(33)36/h1-25,37,44H. The van der Waals surface area contributed by atoms with E-state index >= 15 is 0 Å². The predicted octanol–water partition coefficient (Wildman–Crippen LogP) is 9.12. The van der Waals surface area contributed by atoms with Crippen LogP contribution in [0.25, 0.3) is 76.7 Å². The summed E-state index contributed by atoms with van der Waals surface area (Å²) in [4.78, 5) is 0. The van der Waals surface area contributed by atoms with Gasteiger partial charge in [-0.2, -0.15) is 0 Å². The van der Waals surface area contributed by atoms with E-state index in [0.29, 0.717) is 0 Å². The van der Waals surface area contributed by atoms with Crippen molar-refractivity contribution in [1.29, 1.82) is 0 Å². The maximum Gasteiger partial charge on any atom is 0.143 e. The third-order valence-corrected chi connectivity index (χ3v) is 9.67. The highest BCUT2D eigenvalue weighted by Crippen LogP contribution is 2.45. The maximum atomic E-state index is 6.59. The zero-order chi connectivity index (χ0) is 29.5. The number of fused-ring (bicyclic) bond motifs is 9. The van der Waals surface area contributed by atoms with Gasteiger partial charge in [-0.1, -0.05) is 146 Å². The molecule has 1 N–H and O–H groups in total. The Morgan fingerprint density at radius 3 is 1.93 bits per heavy atom. The normalized spacial score (nSPS) is 15.7. The molecule has 0 bridgehead atoms. The highest BCUT2D eigenvalue weighted by atomic mass is 16.3. The molecule has 1 atom stereocenters. The molecule has 2 aliphatic rings. The lowest BCUT2D eigenvalue weighted by Gasteiger charge is -2.29. The van der Waals surface area contributed by atoms with Crippen molar-refractivity contribution in [2.24, 2.45) is 0 Å². The summed E-state index contributed by atoms with van der Waals surface area (Å²) in [5.41, 5.74) is 7.89. The molecule has 7 aromatic carbocycles. The molecule has 0 radical (unpaired) electrons. The molecular formula is C43H27NO. The minimum absolute atomic E-state index is 0.0878. The largest absolute Gasteiger partial charge is 0.455 e. The van der Waals surface area contributed by atoms with Gasteiger partial charge in [-0.25, -0.2) is 0 Å². The Morgan fingerprint density at radius 1 is 0.511 bits per heavy atom. The fourth-order valence-corrected chi connectivity index (χ4v) is 7.77. The van der Waals surface area contributed by atoms with Crippen LogP contribution >= 0.6 is 0 Å². The van der Waals surface area contributed by atoms with Crippen molar-refractivity contribution in [2.45, 2.75) is 6.04 Å². The number of hydrogen-bond acceptors (Lipinski definition) is 2. The number of para-hydroxylation sites is 2. The molecule has 210 valence electrons. The van der Waals surface area contributed by atoms with Crippen molar-refractivity contribution in [3.8, 4) is 11.1 Å². The fourth-order valence-electron chi connectivity index (χ4n) is 7.77. The summed E-state index contributed by atoms with van der Waals surface area (Å²) < 4.78 is 6.59. The summed E-state index contributed by atoms with van der Waals surface area (Å²) in [5, 5.41) is 16.3. The molecule has 8 aromatic rings. The molecule has 1 unspecified atom stereocenters. The van der Waals surface area contributed by atoms with Crippen LogP contribution in [-0.2, 0) is 0 Å². The topological polar surface area (TPSA) is 25.2 Å². The summed E-state index contributed by atoms with van der Waals surface area (Å²) in [6.45, 7) is 0. The van der Waals surface area contributed by atoms with E-state index in [1.807, 2.05) is 6.07 Å². The van der Waals surface area contributed by atoms with Gasteiger partial charge in [0.05, 0.1) is 11.7 Å². The van der Waals surface area contributed by atoms with Gasteiger partial charge in [0, 0.05) is 32.7 Å². The summed E-state index contributed by atoms with van der Waals surface area (Å²) in [6, 6.07) is 46.1. The van der Waals surface area contributed by atoms with Crippen LogP contribution in [0.5, 0.6) is 0 Å². The third kappa shape index (κ3) is 3.45. The van der Waals surface area contributed by atoms with Crippen molar-refractivity contribution in [1.82, 2.24) is 5.32 Å². The number of hydrogen-bond donors (Lipinski definition) is 1. The summed E-state index contributed by atoms with van der Waals surface area (Å²) in [5.74, 6) is 0. The molecule has 2 heterocycles. The first-order chi connectivity index (χ1) is 22.3. The minimum Gasteiger partial charge on any atom is -0.455 e. The molecule has 1 aromatic heterocycles. The Balaban J connectivity index is 1.39. The number of benzene rings is 7. The molecule has 2 heteroatoms. The van der Waals surface area contributed by atoms with E-state index in [0.717, 1.165) is 27.5 Å². The van der Waals surface area contributed by atoms with Gasteiger partial charge in [0.1, 0.15) is 11.2 Å². The predicted molar refractivity (Wildman–Crippen MR) is 188 cm³/mol. The van der Waals surface area contributed by atoms with Crippen LogP contribution in [0.2, 0.25) is 0 Å². The van der Waals surface area contributed by atoms with Crippen molar-refractivity contribution < 1.29 is 4.42 Å². The smallest absolute Gasteiger partial charge is 0.143 e. The lowest BCUT2D eigenvalue weighted by atomic mass is 9.84. The average molecular weight is 574 g/mol. The van der Waals surface area contributed by atoms with E-state index in [-0.39, 0.29) is 6.04 Å². The zero-order valence-electron chi connectivity index (χ0n) is 24.4. The lowest BCUT2D eigenvalue weighted by molar-refractivity contribution is 0.670. The van der Waals surface area contributed by atoms with E-state index in [1.165, 1.54) is 65.2 Å². The first kappa shape index (κ1) is 24.6. The molecule has 0 spiro atoms. The van der Waals surface area contributed by atoms with E-state index in [4.69, 9.17) is 4.42 Å².